The molecule has 0 aliphatic carbocycles. The molecule has 4 rings (SSSR count). The molecule has 0 aromatic carbocycles. The summed E-state index contributed by atoms with van der Waals surface area (Å²) in [5.74, 6) is 0.833. The maximum Gasteiger partial charge on any atom is 0.274 e. The van der Waals surface area contributed by atoms with Crippen LogP contribution in [-0.2, 0) is 6.54 Å². The van der Waals surface area contributed by atoms with Crippen LogP contribution in [-0.4, -0.2) is 52.1 Å². The number of nitrogens with one attached hydrogen (secondary N) is 2. The third kappa shape index (κ3) is 3.95. The number of hydrogen-bond donors (Lipinski definition) is 2. The quantitative estimate of drug-likeness (QED) is 0.829. The van der Waals surface area contributed by atoms with Crippen LogP contribution in [0, 0.1) is 6.92 Å². The standard InChI is InChI=1S/C19H27N7O/c1-14-18(23-24-26(14)16-6-8-20-9-7-16)19(27)22-13-15-4-5-17(21-12-15)25-10-2-3-11-25/h4-5,12,16,20H,2-3,6-11,13H2,1H3,(H,22,27). The van der Waals surface area contributed by atoms with Crippen LogP contribution in [0.5, 0.6) is 0 Å². The van der Waals surface area contributed by atoms with Crippen LogP contribution < -0.4 is 15.5 Å². The number of amides is 1. The fraction of sp³-hybridized carbons (Fsp3) is 0.579. The summed E-state index contributed by atoms with van der Waals surface area (Å²) >= 11 is 0. The molecule has 8 nitrogen and oxygen atoms in total. The second kappa shape index (κ2) is 8.04. The molecule has 2 aliphatic rings. The van der Waals surface area contributed by atoms with Crippen LogP contribution in [0.15, 0.2) is 18.3 Å². The van der Waals surface area contributed by atoms with Crippen molar-refractivity contribution in [3.63, 3.8) is 0 Å². The molecule has 2 saturated heterocycles. The van der Waals surface area contributed by atoms with E-state index in [0.717, 1.165) is 56.1 Å². The summed E-state index contributed by atoms with van der Waals surface area (Å²) in [7, 11) is 0. The van der Waals surface area contributed by atoms with Crippen molar-refractivity contribution >= 4 is 11.7 Å². The van der Waals surface area contributed by atoms with Gasteiger partial charge in [-0.3, -0.25) is 4.79 Å². The Balaban J connectivity index is 1.36. The number of hydrogen-bond acceptors (Lipinski definition) is 6. The van der Waals surface area contributed by atoms with E-state index in [1.807, 2.05) is 29.9 Å². The Morgan fingerprint density at radius 1 is 1.26 bits per heavy atom. The van der Waals surface area contributed by atoms with Gasteiger partial charge in [0.25, 0.3) is 5.91 Å². The van der Waals surface area contributed by atoms with Gasteiger partial charge >= 0.3 is 0 Å². The SMILES string of the molecule is Cc1c(C(=O)NCc2ccc(N3CCCC3)nc2)nnn1C1CCNCC1. The highest BCUT2D eigenvalue weighted by molar-refractivity contribution is 5.93. The van der Waals surface area contributed by atoms with Crippen LogP contribution in [0.3, 0.4) is 0 Å². The molecule has 4 heterocycles. The van der Waals surface area contributed by atoms with Gasteiger partial charge < -0.3 is 15.5 Å². The Bertz CT molecular complexity index is 774. The van der Waals surface area contributed by atoms with E-state index in [9.17, 15) is 4.79 Å². The van der Waals surface area contributed by atoms with Crippen LogP contribution in [0.25, 0.3) is 0 Å². The normalized spacial score (nSPS) is 18.0. The van der Waals surface area contributed by atoms with Gasteiger partial charge in [-0.1, -0.05) is 11.3 Å². The molecule has 0 spiro atoms. The molecule has 2 aromatic heterocycles. The van der Waals surface area contributed by atoms with Crippen molar-refractivity contribution in [3.05, 3.63) is 35.3 Å². The molecule has 1 amide bonds. The lowest BCUT2D eigenvalue weighted by atomic mass is 10.1. The first-order valence-electron chi connectivity index (χ1n) is 9.83. The first kappa shape index (κ1) is 17.9. The monoisotopic (exact) mass is 369 g/mol. The fourth-order valence-corrected chi connectivity index (χ4v) is 3.87. The highest BCUT2D eigenvalue weighted by Crippen LogP contribution is 2.20. The molecular weight excluding hydrogens is 342 g/mol. The van der Waals surface area contributed by atoms with E-state index >= 15 is 0 Å². The summed E-state index contributed by atoms with van der Waals surface area (Å²) in [6.07, 6.45) is 6.33. The van der Waals surface area contributed by atoms with Crippen LogP contribution in [0.2, 0.25) is 0 Å². The summed E-state index contributed by atoms with van der Waals surface area (Å²) in [6.45, 7) is 6.47. The van der Waals surface area contributed by atoms with Crippen LogP contribution >= 0.6 is 0 Å². The number of carbonyl (C=O) groups excluding carboxylic acids is 1. The lowest BCUT2D eigenvalue weighted by Crippen LogP contribution is -2.30. The van der Waals surface area contributed by atoms with Gasteiger partial charge in [0.15, 0.2) is 5.69 Å². The molecule has 27 heavy (non-hydrogen) atoms. The summed E-state index contributed by atoms with van der Waals surface area (Å²) in [5.41, 5.74) is 2.23. The largest absolute Gasteiger partial charge is 0.357 e. The molecule has 2 fully saturated rings. The number of carbonyl (C=O) groups is 1. The van der Waals surface area contributed by atoms with Crippen molar-refractivity contribution in [3.8, 4) is 0 Å². The molecule has 8 heteroatoms. The van der Waals surface area contributed by atoms with Gasteiger partial charge in [0.1, 0.15) is 5.82 Å². The molecule has 2 aromatic rings. The summed E-state index contributed by atoms with van der Waals surface area (Å²) < 4.78 is 1.90. The van der Waals surface area contributed by atoms with Crippen LogP contribution in [0.4, 0.5) is 5.82 Å². The minimum absolute atomic E-state index is 0.184. The van der Waals surface area contributed by atoms with Gasteiger partial charge in [-0.15, -0.1) is 5.10 Å². The van der Waals surface area contributed by atoms with Gasteiger partial charge in [-0.25, -0.2) is 9.67 Å². The summed E-state index contributed by atoms with van der Waals surface area (Å²) in [4.78, 5) is 19.4. The van der Waals surface area contributed by atoms with Gasteiger partial charge in [0, 0.05) is 25.8 Å². The Hall–Kier alpha value is -2.48. The zero-order valence-corrected chi connectivity index (χ0v) is 15.8. The minimum atomic E-state index is -0.184. The lowest BCUT2D eigenvalue weighted by Gasteiger charge is -2.23. The number of anilines is 1. The van der Waals surface area contributed by atoms with E-state index in [2.05, 4.69) is 30.8 Å². The highest BCUT2D eigenvalue weighted by Gasteiger charge is 2.22. The molecule has 2 N–H and O–H groups in total. The predicted molar refractivity (Wildman–Crippen MR) is 103 cm³/mol. The highest BCUT2D eigenvalue weighted by atomic mass is 16.2. The van der Waals surface area contributed by atoms with Gasteiger partial charge in [-0.2, -0.15) is 0 Å². The van der Waals surface area contributed by atoms with E-state index < -0.39 is 0 Å². The molecule has 144 valence electrons. The van der Waals surface area contributed by atoms with Gasteiger partial charge in [0.2, 0.25) is 0 Å². The topological polar surface area (TPSA) is 88.0 Å². The van der Waals surface area contributed by atoms with E-state index in [1.165, 1.54) is 12.8 Å². The summed E-state index contributed by atoms with van der Waals surface area (Å²) in [6, 6.07) is 4.38. The van der Waals surface area contributed by atoms with Gasteiger partial charge in [-0.05, 0) is 57.3 Å². The van der Waals surface area contributed by atoms with E-state index in [0.29, 0.717) is 18.3 Å². The van der Waals surface area contributed by atoms with E-state index in [1.54, 1.807) is 0 Å². The van der Waals surface area contributed by atoms with Crippen LogP contribution in [0.1, 0.15) is 53.5 Å². The number of nitrogens with zero attached hydrogens (tertiary/aromatic N) is 5. The second-order valence-electron chi connectivity index (χ2n) is 7.35. The van der Waals surface area contributed by atoms with Crippen molar-refractivity contribution in [1.82, 2.24) is 30.6 Å². The van der Waals surface area contributed by atoms with E-state index in [4.69, 9.17) is 0 Å². The molecule has 0 bridgehead atoms. The zero-order chi connectivity index (χ0) is 18.6. The van der Waals surface area contributed by atoms with Crippen molar-refractivity contribution in [2.24, 2.45) is 0 Å². The van der Waals surface area contributed by atoms with E-state index in [-0.39, 0.29) is 5.91 Å². The minimum Gasteiger partial charge on any atom is -0.357 e. The maximum atomic E-state index is 12.5. The number of rotatable bonds is 5. The Morgan fingerprint density at radius 3 is 2.74 bits per heavy atom. The average molecular weight is 369 g/mol. The molecular formula is C19H27N7O. The molecule has 2 aliphatic heterocycles. The summed E-state index contributed by atoms with van der Waals surface area (Å²) in [5, 5.41) is 14.6. The molecule has 0 saturated carbocycles. The number of pyridine rings is 1. The first-order chi connectivity index (χ1) is 13.2. The lowest BCUT2D eigenvalue weighted by molar-refractivity contribution is 0.0945. The predicted octanol–water partition coefficient (Wildman–Crippen LogP) is 1.44. The van der Waals surface area contributed by atoms with Crippen molar-refractivity contribution in [1.29, 1.82) is 0 Å². The smallest absolute Gasteiger partial charge is 0.274 e. The van der Waals surface area contributed by atoms with Crippen molar-refractivity contribution < 1.29 is 4.79 Å². The van der Waals surface area contributed by atoms with Gasteiger partial charge in [0.05, 0.1) is 11.7 Å². The number of aromatic nitrogens is 4. The Labute approximate surface area is 159 Å². The first-order valence-corrected chi connectivity index (χ1v) is 9.83. The number of piperidine rings is 1. The molecule has 0 unspecified atom stereocenters. The van der Waals surface area contributed by atoms with Crippen molar-refractivity contribution in [2.75, 3.05) is 31.1 Å². The fourth-order valence-electron chi connectivity index (χ4n) is 3.87. The zero-order valence-electron chi connectivity index (χ0n) is 15.8. The third-order valence-electron chi connectivity index (χ3n) is 5.49. The average Bonchev–Trinajstić information content (AvgIpc) is 3.37. The Morgan fingerprint density at radius 2 is 2.04 bits per heavy atom. The van der Waals surface area contributed by atoms with Crippen molar-refractivity contribution in [2.45, 2.75) is 45.2 Å². The third-order valence-corrected chi connectivity index (χ3v) is 5.49. The molecule has 0 atom stereocenters. The Kier molecular flexibility index (Phi) is 5.33. The second-order valence-corrected chi connectivity index (χ2v) is 7.35. The molecule has 0 radical (unpaired) electrons. The maximum absolute atomic E-state index is 12.5.